The Labute approximate surface area is 100 Å². The average molecular weight is 245 g/mol. The third kappa shape index (κ3) is 3.18. The zero-order valence-electron chi connectivity index (χ0n) is 10.6. The summed E-state index contributed by atoms with van der Waals surface area (Å²) in [6.07, 6.45) is 0. The maximum absolute atomic E-state index is 12.0. The van der Waals surface area contributed by atoms with Crippen molar-refractivity contribution in [1.29, 1.82) is 0 Å². The van der Waals surface area contributed by atoms with Gasteiger partial charge in [0.25, 0.3) is 0 Å². The zero-order valence-corrected chi connectivity index (χ0v) is 10.6. The predicted octanol–water partition coefficient (Wildman–Crippen LogP) is 0.666. The van der Waals surface area contributed by atoms with Crippen molar-refractivity contribution in [2.24, 2.45) is 11.3 Å². The van der Waals surface area contributed by atoms with E-state index in [1.807, 2.05) is 0 Å². The molecule has 0 aromatic rings. The van der Waals surface area contributed by atoms with Gasteiger partial charge in [-0.15, -0.1) is 0 Å². The van der Waals surface area contributed by atoms with E-state index >= 15 is 0 Å². The molecule has 0 radical (unpaired) electrons. The number of carboxylic acids is 2. The number of aliphatic carboxylic acids is 2. The van der Waals surface area contributed by atoms with Crippen molar-refractivity contribution in [1.82, 2.24) is 4.90 Å². The molecule has 2 N–H and O–H groups in total. The fraction of sp³-hybridized carbons (Fsp3) is 0.727. The molecule has 0 aliphatic rings. The molecule has 0 aromatic carbocycles. The summed E-state index contributed by atoms with van der Waals surface area (Å²) in [5.74, 6) is -4.94. The van der Waals surface area contributed by atoms with Crippen LogP contribution in [-0.2, 0) is 14.4 Å². The lowest BCUT2D eigenvalue weighted by Gasteiger charge is -2.30. The quantitative estimate of drug-likeness (QED) is 0.670. The van der Waals surface area contributed by atoms with Crippen LogP contribution in [0, 0.1) is 11.3 Å². The van der Waals surface area contributed by atoms with Crippen LogP contribution in [0.4, 0.5) is 0 Å². The smallest absolute Gasteiger partial charge is 0.317 e. The number of amides is 1. The molecule has 6 heteroatoms. The van der Waals surface area contributed by atoms with E-state index in [1.165, 1.54) is 18.7 Å². The van der Waals surface area contributed by atoms with Gasteiger partial charge in [0.2, 0.25) is 5.91 Å². The standard InChI is InChI=1S/C11H19NO5/c1-5-12(6-2)8(13)7(9(14)15)11(3,4)10(16)17/h7H,5-6H2,1-4H3,(H,14,15)(H,16,17). The van der Waals surface area contributed by atoms with Crippen molar-refractivity contribution in [2.75, 3.05) is 13.1 Å². The van der Waals surface area contributed by atoms with Crippen molar-refractivity contribution in [3.8, 4) is 0 Å². The van der Waals surface area contributed by atoms with E-state index in [-0.39, 0.29) is 0 Å². The van der Waals surface area contributed by atoms with Crippen LogP contribution in [-0.4, -0.2) is 46.0 Å². The van der Waals surface area contributed by atoms with Crippen molar-refractivity contribution in [3.63, 3.8) is 0 Å². The molecular formula is C11H19NO5. The van der Waals surface area contributed by atoms with Crippen LogP contribution in [0.1, 0.15) is 27.7 Å². The Hall–Kier alpha value is -1.59. The number of rotatable bonds is 6. The van der Waals surface area contributed by atoms with Gasteiger partial charge in [-0.2, -0.15) is 0 Å². The summed E-state index contributed by atoms with van der Waals surface area (Å²) in [7, 11) is 0. The molecule has 0 aliphatic carbocycles. The molecule has 1 atom stereocenters. The molecule has 0 spiro atoms. The van der Waals surface area contributed by atoms with Crippen molar-refractivity contribution >= 4 is 17.8 Å². The van der Waals surface area contributed by atoms with Gasteiger partial charge in [0, 0.05) is 13.1 Å². The minimum Gasteiger partial charge on any atom is -0.481 e. The minimum absolute atomic E-state index is 0.356. The SMILES string of the molecule is CCN(CC)C(=O)C(C(=O)O)C(C)(C)C(=O)O. The highest BCUT2D eigenvalue weighted by molar-refractivity contribution is 6.01. The van der Waals surface area contributed by atoms with Gasteiger partial charge in [-0.05, 0) is 27.7 Å². The lowest BCUT2D eigenvalue weighted by atomic mass is 9.78. The van der Waals surface area contributed by atoms with Gasteiger partial charge in [0.15, 0.2) is 5.92 Å². The van der Waals surface area contributed by atoms with Crippen molar-refractivity contribution < 1.29 is 24.6 Å². The van der Waals surface area contributed by atoms with Gasteiger partial charge in [-0.1, -0.05) is 0 Å². The summed E-state index contributed by atoms with van der Waals surface area (Å²) in [6, 6.07) is 0. The largest absolute Gasteiger partial charge is 0.481 e. The van der Waals surface area contributed by atoms with E-state index in [4.69, 9.17) is 10.2 Å². The van der Waals surface area contributed by atoms with E-state index in [0.717, 1.165) is 0 Å². The number of carbonyl (C=O) groups excluding carboxylic acids is 1. The summed E-state index contributed by atoms with van der Waals surface area (Å²) in [5, 5.41) is 18.1. The van der Waals surface area contributed by atoms with Gasteiger partial charge < -0.3 is 15.1 Å². The van der Waals surface area contributed by atoms with Gasteiger partial charge in [0.05, 0.1) is 5.41 Å². The Morgan fingerprint density at radius 3 is 1.76 bits per heavy atom. The summed E-state index contributed by atoms with van der Waals surface area (Å²) in [4.78, 5) is 35.5. The third-order valence-electron chi connectivity index (χ3n) is 2.84. The highest BCUT2D eigenvalue weighted by Gasteiger charge is 2.47. The number of nitrogens with zero attached hydrogens (tertiary/aromatic N) is 1. The van der Waals surface area contributed by atoms with Crippen molar-refractivity contribution in [3.05, 3.63) is 0 Å². The molecule has 1 unspecified atom stereocenters. The summed E-state index contributed by atoms with van der Waals surface area (Å²) in [5.41, 5.74) is -1.63. The topological polar surface area (TPSA) is 94.9 Å². The monoisotopic (exact) mass is 245 g/mol. The maximum atomic E-state index is 12.0. The van der Waals surface area contributed by atoms with E-state index in [1.54, 1.807) is 13.8 Å². The lowest BCUT2D eigenvalue weighted by molar-refractivity contribution is -0.167. The second-order valence-corrected chi connectivity index (χ2v) is 4.31. The van der Waals surface area contributed by atoms with Gasteiger partial charge in [0.1, 0.15) is 0 Å². The molecule has 0 rings (SSSR count). The predicted molar refractivity (Wildman–Crippen MR) is 60.5 cm³/mol. The Morgan fingerprint density at radius 1 is 1.12 bits per heavy atom. The molecule has 98 valence electrons. The molecule has 0 aromatic heterocycles. The fourth-order valence-electron chi connectivity index (χ4n) is 1.56. The highest BCUT2D eigenvalue weighted by Crippen LogP contribution is 2.29. The molecule has 0 aliphatic heterocycles. The molecule has 6 nitrogen and oxygen atoms in total. The molecule has 0 heterocycles. The van der Waals surface area contributed by atoms with E-state index in [0.29, 0.717) is 13.1 Å². The first-order chi connectivity index (χ1) is 7.69. The van der Waals surface area contributed by atoms with Crippen LogP contribution >= 0.6 is 0 Å². The molecule has 17 heavy (non-hydrogen) atoms. The summed E-state index contributed by atoms with van der Waals surface area (Å²) in [6.45, 7) is 6.64. The van der Waals surface area contributed by atoms with Gasteiger partial charge >= 0.3 is 11.9 Å². The van der Waals surface area contributed by atoms with E-state index < -0.39 is 29.2 Å². The van der Waals surface area contributed by atoms with Crippen LogP contribution in [0.25, 0.3) is 0 Å². The van der Waals surface area contributed by atoms with Crippen LogP contribution in [0.5, 0.6) is 0 Å². The Morgan fingerprint density at radius 2 is 1.53 bits per heavy atom. The van der Waals surface area contributed by atoms with Crippen LogP contribution in [0.15, 0.2) is 0 Å². The molecule has 1 amide bonds. The molecule has 0 saturated carbocycles. The third-order valence-corrected chi connectivity index (χ3v) is 2.84. The Kier molecular flexibility index (Phi) is 5.12. The number of hydrogen-bond donors (Lipinski definition) is 2. The first-order valence-corrected chi connectivity index (χ1v) is 5.45. The van der Waals surface area contributed by atoms with E-state index in [2.05, 4.69) is 0 Å². The maximum Gasteiger partial charge on any atom is 0.317 e. The number of hydrogen-bond acceptors (Lipinski definition) is 3. The highest BCUT2D eigenvalue weighted by atomic mass is 16.4. The summed E-state index contributed by atoms with van der Waals surface area (Å²) >= 11 is 0. The number of carboxylic acid groups (broad SMARTS) is 2. The molecule has 0 saturated heterocycles. The van der Waals surface area contributed by atoms with Gasteiger partial charge in [-0.3, -0.25) is 14.4 Å². The minimum atomic E-state index is -1.63. The lowest BCUT2D eigenvalue weighted by Crippen LogP contribution is -2.49. The zero-order chi connectivity index (χ0) is 13.8. The molecule has 0 bridgehead atoms. The van der Waals surface area contributed by atoms with E-state index in [9.17, 15) is 14.4 Å². The van der Waals surface area contributed by atoms with Crippen LogP contribution < -0.4 is 0 Å². The fourth-order valence-corrected chi connectivity index (χ4v) is 1.56. The first kappa shape index (κ1) is 15.4. The molecular weight excluding hydrogens is 226 g/mol. The van der Waals surface area contributed by atoms with Crippen molar-refractivity contribution in [2.45, 2.75) is 27.7 Å². The number of carbonyl (C=O) groups is 3. The normalized spacial score (nSPS) is 12.9. The average Bonchev–Trinajstić information content (AvgIpc) is 2.18. The first-order valence-electron chi connectivity index (χ1n) is 5.45. The second kappa shape index (κ2) is 5.65. The van der Waals surface area contributed by atoms with Crippen LogP contribution in [0.2, 0.25) is 0 Å². The Bertz CT molecular complexity index is 320. The summed E-state index contributed by atoms with van der Waals surface area (Å²) < 4.78 is 0. The van der Waals surface area contributed by atoms with Gasteiger partial charge in [-0.25, -0.2) is 0 Å². The molecule has 0 fully saturated rings. The van der Waals surface area contributed by atoms with Crippen LogP contribution in [0.3, 0.4) is 0 Å². The Balaban J connectivity index is 5.33. The second-order valence-electron chi connectivity index (χ2n) is 4.31.